The fraction of sp³-hybridized carbons (Fsp3) is 0.259. The molecule has 1 N–H and O–H groups in total. The molecule has 0 aliphatic rings. The summed E-state index contributed by atoms with van der Waals surface area (Å²) in [5.41, 5.74) is -0.518. The molecule has 0 fully saturated rings. The predicted octanol–water partition coefficient (Wildman–Crippen LogP) is 5.82. The number of amides is 2. The maximum absolute atomic E-state index is 13.9. The van der Waals surface area contributed by atoms with E-state index in [2.05, 4.69) is 5.32 Å². The van der Waals surface area contributed by atoms with E-state index in [4.69, 9.17) is 34.8 Å². The molecule has 14 heteroatoms. The summed E-state index contributed by atoms with van der Waals surface area (Å²) in [5.74, 6) is -1.43. The summed E-state index contributed by atoms with van der Waals surface area (Å²) >= 11 is 18.3. The van der Waals surface area contributed by atoms with Crippen molar-refractivity contribution in [1.29, 1.82) is 0 Å². The first-order chi connectivity index (χ1) is 19.1. The van der Waals surface area contributed by atoms with Crippen LogP contribution in [0.3, 0.4) is 0 Å². The minimum absolute atomic E-state index is 0.0523. The Balaban J connectivity index is 2.10. The number of nitrogens with one attached hydrogen (secondary N) is 1. The number of hydrogen-bond acceptors (Lipinski definition) is 4. The van der Waals surface area contributed by atoms with Gasteiger partial charge in [0.15, 0.2) is 0 Å². The highest BCUT2D eigenvalue weighted by molar-refractivity contribution is 7.92. The number of rotatable bonds is 10. The van der Waals surface area contributed by atoms with Gasteiger partial charge in [0.2, 0.25) is 21.8 Å². The Kier molecular flexibility index (Phi) is 10.6. The first-order valence-electron chi connectivity index (χ1n) is 11.9. The molecule has 1 atom stereocenters. The summed E-state index contributed by atoms with van der Waals surface area (Å²) in [6.07, 6.45) is -4.01. The Morgan fingerprint density at radius 2 is 1.54 bits per heavy atom. The topological polar surface area (TPSA) is 86.8 Å². The first kappa shape index (κ1) is 32.5. The van der Waals surface area contributed by atoms with E-state index >= 15 is 0 Å². The number of sulfonamides is 1. The van der Waals surface area contributed by atoms with Crippen LogP contribution in [0.15, 0.2) is 66.7 Å². The van der Waals surface area contributed by atoms with Crippen LogP contribution in [0.4, 0.5) is 18.9 Å². The van der Waals surface area contributed by atoms with Gasteiger partial charge >= 0.3 is 6.18 Å². The van der Waals surface area contributed by atoms with Crippen molar-refractivity contribution in [3.8, 4) is 0 Å². The second-order valence-corrected chi connectivity index (χ2v) is 12.2. The fourth-order valence-electron chi connectivity index (χ4n) is 4.03. The standard InChI is InChI=1S/C27H25Cl3F3N3O4S/c1-34-26(38)24(13-17-6-4-3-5-7-17)35(15-18-8-10-20(28)22(30)12-18)25(37)16-36(41(2,39)40)23-14-19(27(31,32)33)9-11-21(23)29/h3-12,14,24H,13,15-16H2,1-2H3,(H,34,38)/t24-/m1/s1. The number of likely N-dealkylation sites (N-methyl/N-ethyl adjacent to an activating group) is 1. The number of halogens is 6. The van der Waals surface area contributed by atoms with Crippen molar-refractivity contribution >= 4 is 62.3 Å². The molecule has 2 amide bonds. The maximum atomic E-state index is 13.9. The van der Waals surface area contributed by atoms with Crippen LogP contribution in [0.5, 0.6) is 0 Å². The molecule has 0 aliphatic carbocycles. The molecular formula is C27H25Cl3F3N3O4S. The largest absolute Gasteiger partial charge is 0.416 e. The molecule has 3 rings (SSSR count). The molecular weight excluding hydrogens is 626 g/mol. The van der Waals surface area contributed by atoms with Gasteiger partial charge in [-0.15, -0.1) is 0 Å². The van der Waals surface area contributed by atoms with E-state index in [0.29, 0.717) is 27.6 Å². The average molecular weight is 651 g/mol. The lowest BCUT2D eigenvalue weighted by molar-refractivity contribution is -0.139. The SMILES string of the molecule is CNC(=O)[C@@H](Cc1ccccc1)N(Cc1ccc(Cl)c(Cl)c1)C(=O)CN(c1cc(C(F)(F)F)ccc1Cl)S(C)(=O)=O. The normalized spacial score (nSPS) is 12.5. The summed E-state index contributed by atoms with van der Waals surface area (Å²) < 4.78 is 66.4. The van der Waals surface area contributed by atoms with E-state index in [0.717, 1.165) is 17.2 Å². The minimum Gasteiger partial charge on any atom is -0.357 e. The number of nitrogens with zero attached hydrogens (tertiary/aromatic N) is 2. The highest BCUT2D eigenvalue weighted by Gasteiger charge is 2.35. The molecule has 0 spiro atoms. The van der Waals surface area contributed by atoms with Crippen molar-refractivity contribution in [2.24, 2.45) is 0 Å². The number of alkyl halides is 3. The molecule has 0 aromatic heterocycles. The smallest absolute Gasteiger partial charge is 0.357 e. The number of hydrogen-bond donors (Lipinski definition) is 1. The molecule has 0 bridgehead atoms. The maximum Gasteiger partial charge on any atom is 0.416 e. The van der Waals surface area contributed by atoms with E-state index in [9.17, 15) is 31.2 Å². The van der Waals surface area contributed by atoms with E-state index in [1.165, 1.54) is 19.2 Å². The quantitative estimate of drug-likeness (QED) is 0.300. The number of benzene rings is 3. The van der Waals surface area contributed by atoms with E-state index in [1.54, 1.807) is 36.4 Å². The highest BCUT2D eigenvalue weighted by Crippen LogP contribution is 2.36. The van der Waals surface area contributed by atoms with Gasteiger partial charge in [0.25, 0.3) is 0 Å². The van der Waals surface area contributed by atoms with E-state index < -0.39 is 51.9 Å². The molecule has 0 heterocycles. The van der Waals surface area contributed by atoms with Crippen LogP contribution in [0.2, 0.25) is 15.1 Å². The molecule has 0 saturated carbocycles. The highest BCUT2D eigenvalue weighted by atomic mass is 35.5. The Morgan fingerprint density at radius 1 is 0.902 bits per heavy atom. The third kappa shape index (κ3) is 8.51. The van der Waals surface area contributed by atoms with Crippen molar-refractivity contribution in [3.05, 3.63) is 98.5 Å². The van der Waals surface area contributed by atoms with Crippen LogP contribution in [0.25, 0.3) is 0 Å². The fourth-order valence-corrected chi connectivity index (χ4v) is 5.47. The van der Waals surface area contributed by atoms with E-state index in [-0.39, 0.29) is 28.0 Å². The van der Waals surface area contributed by atoms with Crippen LogP contribution in [-0.4, -0.2) is 51.0 Å². The van der Waals surface area contributed by atoms with Gasteiger partial charge in [-0.05, 0) is 41.5 Å². The van der Waals surface area contributed by atoms with Gasteiger partial charge in [0, 0.05) is 20.0 Å². The summed E-state index contributed by atoms with van der Waals surface area (Å²) in [6, 6.07) is 14.4. The molecule has 7 nitrogen and oxygen atoms in total. The minimum atomic E-state index is -4.80. The van der Waals surface area contributed by atoms with Crippen molar-refractivity contribution in [3.63, 3.8) is 0 Å². The molecule has 0 unspecified atom stereocenters. The molecule has 3 aromatic rings. The molecule has 0 saturated heterocycles. The zero-order valence-corrected chi connectivity index (χ0v) is 24.8. The lowest BCUT2D eigenvalue weighted by Gasteiger charge is -2.33. The van der Waals surface area contributed by atoms with Crippen LogP contribution < -0.4 is 9.62 Å². The van der Waals surface area contributed by atoms with Crippen LogP contribution in [0, 0.1) is 0 Å². The van der Waals surface area contributed by atoms with Crippen molar-refractivity contribution in [2.75, 3.05) is 24.2 Å². The first-order valence-corrected chi connectivity index (χ1v) is 14.9. The lowest BCUT2D eigenvalue weighted by atomic mass is 10.0. The monoisotopic (exact) mass is 649 g/mol. The van der Waals surface area contributed by atoms with Crippen molar-refractivity contribution in [1.82, 2.24) is 10.2 Å². The third-order valence-electron chi connectivity index (χ3n) is 6.08. The number of anilines is 1. The lowest BCUT2D eigenvalue weighted by Crippen LogP contribution is -2.53. The molecule has 0 aliphatic heterocycles. The second-order valence-electron chi connectivity index (χ2n) is 9.02. The van der Waals surface area contributed by atoms with Gasteiger partial charge in [0.1, 0.15) is 12.6 Å². The van der Waals surface area contributed by atoms with Crippen LogP contribution >= 0.6 is 34.8 Å². The number of carbonyl (C=O) groups excluding carboxylic acids is 2. The third-order valence-corrected chi connectivity index (χ3v) is 8.26. The summed E-state index contributed by atoms with van der Waals surface area (Å²) in [4.78, 5) is 28.1. The summed E-state index contributed by atoms with van der Waals surface area (Å²) in [6.45, 7) is -1.14. The molecule has 3 aromatic carbocycles. The van der Waals surface area contributed by atoms with Gasteiger partial charge in [-0.1, -0.05) is 71.2 Å². The Labute approximate surface area is 250 Å². The molecule has 0 radical (unpaired) electrons. The Hall–Kier alpha value is -2.99. The van der Waals surface area contributed by atoms with Crippen molar-refractivity contribution in [2.45, 2.75) is 25.2 Å². The zero-order valence-electron chi connectivity index (χ0n) is 21.8. The summed E-state index contributed by atoms with van der Waals surface area (Å²) in [7, 11) is -2.95. The van der Waals surface area contributed by atoms with E-state index in [1.807, 2.05) is 0 Å². The van der Waals surface area contributed by atoms with Crippen LogP contribution in [-0.2, 0) is 38.8 Å². The van der Waals surface area contributed by atoms with Crippen LogP contribution in [0.1, 0.15) is 16.7 Å². The van der Waals surface area contributed by atoms with Gasteiger partial charge in [-0.25, -0.2) is 8.42 Å². The predicted molar refractivity (Wildman–Crippen MR) is 154 cm³/mol. The van der Waals surface area contributed by atoms with Gasteiger partial charge in [0.05, 0.1) is 32.6 Å². The average Bonchev–Trinajstić information content (AvgIpc) is 2.90. The summed E-state index contributed by atoms with van der Waals surface area (Å²) in [5, 5.41) is 2.63. The molecule has 220 valence electrons. The van der Waals surface area contributed by atoms with Gasteiger partial charge in [-0.3, -0.25) is 13.9 Å². The van der Waals surface area contributed by atoms with Crippen molar-refractivity contribution < 1.29 is 31.2 Å². The Morgan fingerprint density at radius 3 is 2.10 bits per heavy atom. The van der Waals surface area contributed by atoms with Gasteiger partial charge < -0.3 is 10.2 Å². The molecule has 41 heavy (non-hydrogen) atoms. The Bertz CT molecular complexity index is 1520. The second kappa shape index (κ2) is 13.3. The van der Waals surface area contributed by atoms with Gasteiger partial charge in [-0.2, -0.15) is 13.2 Å². The number of carbonyl (C=O) groups is 2. The zero-order chi connectivity index (χ0) is 30.5.